The first-order chi connectivity index (χ1) is 9.39. The van der Waals surface area contributed by atoms with Crippen molar-refractivity contribution in [3.05, 3.63) is 0 Å². The third-order valence-electron chi connectivity index (χ3n) is 2.55. The molecule has 1 heterocycles. The van der Waals surface area contributed by atoms with Gasteiger partial charge in [0, 0.05) is 20.2 Å². The molecule has 0 radical (unpaired) electrons. The number of carbonyl (C=O) groups excluding carboxylic acids is 1. The second-order valence-electron chi connectivity index (χ2n) is 4.35. The largest absolute Gasteiger partial charge is 0.478 e. The van der Waals surface area contributed by atoms with Gasteiger partial charge in [0.1, 0.15) is 0 Å². The molecule has 1 fully saturated rings. The van der Waals surface area contributed by atoms with Crippen LogP contribution < -0.4 is 5.43 Å². The molecule has 0 bridgehead atoms. The Balaban J connectivity index is 2.55. The van der Waals surface area contributed by atoms with E-state index >= 15 is 0 Å². The van der Waals surface area contributed by atoms with Crippen LogP contribution in [0.15, 0.2) is 0 Å². The summed E-state index contributed by atoms with van der Waals surface area (Å²) in [6, 6.07) is 0. The molecule has 0 amide bonds. The van der Waals surface area contributed by atoms with Gasteiger partial charge in [0.2, 0.25) is 5.60 Å². The van der Waals surface area contributed by atoms with Crippen molar-refractivity contribution in [3.63, 3.8) is 0 Å². The average molecular weight is 310 g/mol. The molecule has 0 aromatic heterocycles. The Morgan fingerprint density at radius 3 is 2.65 bits per heavy atom. The molecule has 0 saturated carbocycles. The first-order valence-corrected chi connectivity index (χ1v) is 7.03. The summed E-state index contributed by atoms with van der Waals surface area (Å²) >= 11 is -2.45. The van der Waals surface area contributed by atoms with Gasteiger partial charge in [0.05, 0.1) is 6.61 Å². The van der Waals surface area contributed by atoms with Crippen molar-refractivity contribution in [2.24, 2.45) is 0 Å². The Bertz CT molecular complexity index is 386. The van der Waals surface area contributed by atoms with Gasteiger partial charge in [-0.15, -0.1) is 5.17 Å². The van der Waals surface area contributed by atoms with Crippen LogP contribution in [0.5, 0.6) is 0 Å². The molecule has 20 heavy (non-hydrogen) atoms. The third-order valence-corrected chi connectivity index (χ3v) is 3.22. The fourth-order valence-electron chi connectivity index (χ4n) is 1.47. The highest BCUT2D eigenvalue weighted by Crippen LogP contribution is 2.14. The van der Waals surface area contributed by atoms with Gasteiger partial charge in [0.15, 0.2) is 0 Å². The molecule has 1 aliphatic rings. The minimum atomic E-state index is -2.45. The van der Waals surface area contributed by atoms with E-state index < -0.39 is 28.0 Å². The standard InChI is InChI=1S/C10H18N2O7S/c1-10(7-17-2,8(13)14)18-9(15)20(16)19-12-6-4-3-5-11-12/h11H,3-7H2,1-2H3,(H,13,14). The molecule has 9 nitrogen and oxygen atoms in total. The zero-order chi connectivity index (χ0) is 15.2. The van der Waals surface area contributed by atoms with E-state index in [1.807, 2.05) is 0 Å². The third kappa shape index (κ3) is 4.80. The van der Waals surface area contributed by atoms with Crippen LogP contribution in [0.1, 0.15) is 19.8 Å². The molecular weight excluding hydrogens is 292 g/mol. The molecule has 2 N–H and O–H groups in total. The van der Waals surface area contributed by atoms with Gasteiger partial charge in [-0.25, -0.2) is 19.2 Å². The van der Waals surface area contributed by atoms with Gasteiger partial charge >= 0.3 is 11.3 Å². The van der Waals surface area contributed by atoms with Crippen LogP contribution >= 0.6 is 0 Å². The number of carbonyl (C=O) groups is 2. The number of hydrazine groups is 1. The SMILES string of the molecule is COCC(C)(OC(=O)S(=O)ON1CCCCN1)C(=O)O. The first-order valence-electron chi connectivity index (χ1n) is 5.95. The van der Waals surface area contributed by atoms with Crippen LogP contribution in [0.4, 0.5) is 4.79 Å². The van der Waals surface area contributed by atoms with Crippen molar-refractivity contribution in [1.29, 1.82) is 0 Å². The van der Waals surface area contributed by atoms with Gasteiger partial charge in [-0.05, 0) is 19.8 Å². The summed E-state index contributed by atoms with van der Waals surface area (Å²) in [4.78, 5) is 22.6. The number of ether oxygens (including phenoxy) is 2. The van der Waals surface area contributed by atoms with E-state index in [9.17, 15) is 13.8 Å². The summed E-state index contributed by atoms with van der Waals surface area (Å²) in [5, 5.41) is 8.89. The van der Waals surface area contributed by atoms with E-state index in [1.165, 1.54) is 12.3 Å². The molecule has 0 aromatic carbocycles. The minimum Gasteiger partial charge on any atom is -0.478 e. The summed E-state index contributed by atoms with van der Waals surface area (Å²) in [5.74, 6) is -1.40. The van der Waals surface area contributed by atoms with E-state index in [0.29, 0.717) is 13.1 Å². The number of carboxylic acids is 1. The van der Waals surface area contributed by atoms with E-state index in [4.69, 9.17) is 14.1 Å². The number of hydroxylamine groups is 1. The van der Waals surface area contributed by atoms with Crippen LogP contribution in [-0.2, 0) is 29.6 Å². The number of aliphatic carboxylic acids is 1. The number of nitrogens with one attached hydrogen (secondary N) is 1. The maximum atomic E-state index is 11.6. The second-order valence-corrected chi connectivity index (χ2v) is 5.30. The van der Waals surface area contributed by atoms with Crippen LogP contribution in [-0.4, -0.2) is 58.2 Å². The van der Waals surface area contributed by atoms with Crippen LogP contribution in [0, 0.1) is 0 Å². The lowest BCUT2D eigenvalue weighted by Crippen LogP contribution is -2.47. The quantitative estimate of drug-likeness (QED) is 0.644. The molecule has 0 aliphatic carbocycles. The highest BCUT2D eigenvalue weighted by molar-refractivity contribution is 7.95. The highest BCUT2D eigenvalue weighted by atomic mass is 32.2. The lowest BCUT2D eigenvalue weighted by Gasteiger charge is -2.26. The van der Waals surface area contributed by atoms with Crippen molar-refractivity contribution in [2.75, 3.05) is 26.8 Å². The van der Waals surface area contributed by atoms with Gasteiger partial charge in [-0.2, -0.15) is 4.28 Å². The molecule has 1 saturated heterocycles. The fraction of sp³-hybridized carbons (Fsp3) is 0.800. The molecule has 1 rings (SSSR count). The van der Waals surface area contributed by atoms with E-state index in [2.05, 4.69) is 10.2 Å². The van der Waals surface area contributed by atoms with Gasteiger partial charge < -0.3 is 14.6 Å². The summed E-state index contributed by atoms with van der Waals surface area (Å²) in [7, 11) is 1.26. The van der Waals surface area contributed by atoms with Crippen molar-refractivity contribution < 1.29 is 32.7 Å². The van der Waals surface area contributed by atoms with Gasteiger partial charge in [-0.1, -0.05) is 0 Å². The summed E-state index contributed by atoms with van der Waals surface area (Å²) in [6.45, 7) is 1.89. The Morgan fingerprint density at radius 1 is 1.45 bits per heavy atom. The normalized spacial score (nSPS) is 20.9. The monoisotopic (exact) mass is 310 g/mol. The van der Waals surface area contributed by atoms with Crippen molar-refractivity contribution in [2.45, 2.75) is 25.4 Å². The summed E-state index contributed by atoms with van der Waals surface area (Å²) in [5.41, 5.74) is 0.868. The van der Waals surface area contributed by atoms with Crippen LogP contribution in [0.3, 0.4) is 0 Å². The number of hydrogen-bond acceptors (Lipinski definition) is 8. The lowest BCUT2D eigenvalue weighted by atomic mass is 10.1. The van der Waals surface area contributed by atoms with Gasteiger partial charge in [0.25, 0.3) is 11.1 Å². The number of methoxy groups -OCH3 is 1. The molecular formula is C10H18N2O7S. The Hall–Kier alpha value is -1.07. The molecule has 116 valence electrons. The zero-order valence-electron chi connectivity index (χ0n) is 11.3. The van der Waals surface area contributed by atoms with E-state index in [0.717, 1.165) is 19.8 Å². The summed E-state index contributed by atoms with van der Waals surface area (Å²) < 4.78 is 25.8. The fourth-order valence-corrected chi connectivity index (χ4v) is 2.07. The first kappa shape index (κ1) is 17.0. The molecule has 10 heteroatoms. The number of carboxylic acid groups (broad SMARTS) is 1. The van der Waals surface area contributed by atoms with Crippen molar-refractivity contribution in [1.82, 2.24) is 10.6 Å². The van der Waals surface area contributed by atoms with E-state index in [-0.39, 0.29) is 6.61 Å². The second kappa shape index (κ2) is 7.64. The lowest BCUT2D eigenvalue weighted by molar-refractivity contribution is -0.160. The molecule has 2 atom stereocenters. The topological polar surface area (TPSA) is 114 Å². The Labute approximate surface area is 118 Å². The predicted molar refractivity (Wildman–Crippen MR) is 67.6 cm³/mol. The molecule has 2 unspecified atom stereocenters. The Morgan fingerprint density at radius 2 is 2.15 bits per heavy atom. The van der Waals surface area contributed by atoms with Gasteiger partial charge in [-0.3, -0.25) is 0 Å². The highest BCUT2D eigenvalue weighted by Gasteiger charge is 2.40. The number of nitrogens with zero attached hydrogens (tertiary/aromatic N) is 1. The Kier molecular flexibility index (Phi) is 6.49. The van der Waals surface area contributed by atoms with Crippen molar-refractivity contribution >= 4 is 22.4 Å². The number of rotatable bonds is 6. The molecule has 1 aliphatic heterocycles. The maximum Gasteiger partial charge on any atom is 0.427 e. The van der Waals surface area contributed by atoms with Crippen LogP contribution in [0.2, 0.25) is 0 Å². The summed E-state index contributed by atoms with van der Waals surface area (Å²) in [6.07, 6.45) is 1.78. The molecule has 0 aromatic rings. The molecule has 0 spiro atoms. The smallest absolute Gasteiger partial charge is 0.427 e. The minimum absolute atomic E-state index is 0.368. The maximum absolute atomic E-state index is 11.6. The number of hydrogen-bond donors (Lipinski definition) is 2. The van der Waals surface area contributed by atoms with Crippen LogP contribution in [0.25, 0.3) is 0 Å². The van der Waals surface area contributed by atoms with E-state index in [1.54, 1.807) is 0 Å². The predicted octanol–water partition coefficient (Wildman–Crippen LogP) is -0.192. The zero-order valence-corrected chi connectivity index (χ0v) is 12.1. The van der Waals surface area contributed by atoms with Crippen molar-refractivity contribution in [3.8, 4) is 0 Å². The average Bonchev–Trinajstić information content (AvgIpc) is 2.39.